The highest BCUT2D eigenvalue weighted by atomic mass is 127. The highest BCUT2D eigenvalue weighted by Crippen LogP contribution is 2.19. The van der Waals surface area contributed by atoms with Crippen LogP contribution in [0.15, 0.2) is 26.3 Å². The zero-order valence-electron chi connectivity index (χ0n) is 11.9. The van der Waals surface area contributed by atoms with Crippen molar-refractivity contribution in [3.63, 3.8) is 0 Å². The molecular formula is C13H18BrIN4S2. The summed E-state index contributed by atoms with van der Waals surface area (Å²) < 4.78 is 1.13. The van der Waals surface area contributed by atoms with Crippen LogP contribution in [0, 0.1) is 6.92 Å². The second kappa shape index (κ2) is 9.75. The molecule has 0 bridgehead atoms. The minimum Gasteiger partial charge on any atom is -0.356 e. The van der Waals surface area contributed by atoms with Gasteiger partial charge in [0.15, 0.2) is 5.96 Å². The molecule has 0 aliphatic heterocycles. The minimum atomic E-state index is 0. The van der Waals surface area contributed by atoms with Crippen molar-refractivity contribution in [1.82, 2.24) is 15.6 Å². The molecule has 0 aliphatic rings. The molecule has 0 atom stereocenters. The Labute approximate surface area is 158 Å². The van der Waals surface area contributed by atoms with Crippen molar-refractivity contribution in [3.05, 3.63) is 36.9 Å². The van der Waals surface area contributed by atoms with Gasteiger partial charge in [-0.3, -0.25) is 4.99 Å². The largest absolute Gasteiger partial charge is 0.356 e. The smallest absolute Gasteiger partial charge is 0.191 e. The molecule has 116 valence electrons. The lowest BCUT2D eigenvalue weighted by atomic mass is 10.3. The van der Waals surface area contributed by atoms with Gasteiger partial charge in [0.1, 0.15) is 0 Å². The van der Waals surface area contributed by atoms with E-state index in [1.807, 2.05) is 6.92 Å². The van der Waals surface area contributed by atoms with Gasteiger partial charge >= 0.3 is 0 Å². The molecule has 0 fully saturated rings. The van der Waals surface area contributed by atoms with E-state index in [0.29, 0.717) is 0 Å². The predicted octanol–water partition coefficient (Wildman–Crippen LogP) is 3.80. The first-order chi connectivity index (χ1) is 9.67. The number of rotatable bonds is 5. The van der Waals surface area contributed by atoms with Gasteiger partial charge in [-0.2, -0.15) is 0 Å². The Morgan fingerprint density at radius 2 is 2.14 bits per heavy atom. The van der Waals surface area contributed by atoms with Crippen molar-refractivity contribution in [3.8, 4) is 0 Å². The standard InChI is InChI=1S/C13H17BrN4S2.HI/c1-9-18-11(8-19-9)3-4-16-13(15-2)17-6-12-5-10(14)7-20-12;/h5,7-8H,3-4,6H2,1-2H3,(H2,15,16,17);1H. The lowest BCUT2D eigenvalue weighted by Crippen LogP contribution is -2.37. The Balaban J connectivity index is 0.00000220. The van der Waals surface area contributed by atoms with Crippen molar-refractivity contribution in [2.24, 2.45) is 4.99 Å². The molecule has 0 aromatic carbocycles. The number of thiophene rings is 1. The number of aliphatic imine (C=N–C) groups is 1. The van der Waals surface area contributed by atoms with Gasteiger partial charge in [0.2, 0.25) is 0 Å². The molecule has 2 aromatic heterocycles. The zero-order chi connectivity index (χ0) is 14.4. The molecular weight excluding hydrogens is 483 g/mol. The highest BCUT2D eigenvalue weighted by molar-refractivity contribution is 14.0. The van der Waals surface area contributed by atoms with E-state index in [2.05, 4.69) is 53.4 Å². The third kappa shape index (κ3) is 6.62. The number of nitrogens with one attached hydrogen (secondary N) is 2. The number of guanidine groups is 1. The first kappa shape index (κ1) is 18.9. The van der Waals surface area contributed by atoms with Crippen molar-refractivity contribution in [1.29, 1.82) is 0 Å². The van der Waals surface area contributed by atoms with Gasteiger partial charge in [-0.15, -0.1) is 46.7 Å². The van der Waals surface area contributed by atoms with E-state index in [4.69, 9.17) is 0 Å². The molecule has 0 amide bonds. The summed E-state index contributed by atoms with van der Waals surface area (Å²) in [6.07, 6.45) is 0.912. The van der Waals surface area contributed by atoms with E-state index in [-0.39, 0.29) is 24.0 Å². The first-order valence-corrected chi connectivity index (χ1v) is 8.81. The van der Waals surface area contributed by atoms with E-state index in [1.54, 1.807) is 29.7 Å². The van der Waals surface area contributed by atoms with Gasteiger partial charge < -0.3 is 10.6 Å². The average Bonchev–Trinajstić information content (AvgIpc) is 3.02. The molecule has 2 aromatic rings. The molecule has 2 N–H and O–H groups in total. The van der Waals surface area contributed by atoms with Crippen molar-refractivity contribution in [2.75, 3.05) is 13.6 Å². The third-order valence-electron chi connectivity index (χ3n) is 2.62. The zero-order valence-corrected chi connectivity index (χ0v) is 17.4. The maximum absolute atomic E-state index is 4.44. The highest BCUT2D eigenvalue weighted by Gasteiger charge is 2.02. The van der Waals surface area contributed by atoms with Gasteiger partial charge in [0.05, 0.1) is 17.2 Å². The number of aromatic nitrogens is 1. The average molecular weight is 501 g/mol. The fraction of sp³-hybridized carbons (Fsp3) is 0.385. The number of halogens is 2. The van der Waals surface area contributed by atoms with Crippen LogP contribution in [-0.4, -0.2) is 24.5 Å². The van der Waals surface area contributed by atoms with Crippen LogP contribution >= 0.6 is 62.6 Å². The topological polar surface area (TPSA) is 49.3 Å². The molecule has 0 spiro atoms. The molecule has 21 heavy (non-hydrogen) atoms. The SMILES string of the molecule is CN=C(NCCc1csc(C)n1)NCc1cc(Br)cs1.I. The molecule has 0 unspecified atom stereocenters. The van der Waals surface area contributed by atoms with Crippen LogP contribution in [0.1, 0.15) is 15.6 Å². The van der Waals surface area contributed by atoms with Crippen LogP contribution in [0.3, 0.4) is 0 Å². The summed E-state index contributed by atoms with van der Waals surface area (Å²) in [6, 6.07) is 2.11. The summed E-state index contributed by atoms with van der Waals surface area (Å²) in [4.78, 5) is 9.93. The van der Waals surface area contributed by atoms with Crippen molar-refractivity contribution < 1.29 is 0 Å². The van der Waals surface area contributed by atoms with Gasteiger partial charge in [-0.25, -0.2) is 4.98 Å². The number of hydrogen-bond donors (Lipinski definition) is 2. The van der Waals surface area contributed by atoms with Gasteiger partial charge in [0, 0.05) is 40.1 Å². The molecule has 2 rings (SSSR count). The van der Waals surface area contributed by atoms with Crippen LogP contribution in [0.4, 0.5) is 0 Å². The third-order valence-corrected chi connectivity index (χ3v) is 5.14. The number of aryl methyl sites for hydroxylation is 1. The van der Waals surface area contributed by atoms with Crippen LogP contribution in [0.25, 0.3) is 0 Å². The van der Waals surface area contributed by atoms with Crippen LogP contribution in [-0.2, 0) is 13.0 Å². The second-order valence-electron chi connectivity index (χ2n) is 4.19. The summed E-state index contributed by atoms with van der Waals surface area (Å²) in [5, 5.41) is 11.9. The van der Waals surface area contributed by atoms with E-state index in [0.717, 1.165) is 40.6 Å². The van der Waals surface area contributed by atoms with E-state index in [1.165, 1.54) is 4.88 Å². The summed E-state index contributed by atoms with van der Waals surface area (Å²) in [7, 11) is 1.78. The molecule has 0 saturated heterocycles. The molecule has 4 nitrogen and oxygen atoms in total. The molecule has 0 saturated carbocycles. The monoisotopic (exact) mass is 500 g/mol. The van der Waals surface area contributed by atoms with Crippen LogP contribution in [0.2, 0.25) is 0 Å². The summed E-state index contributed by atoms with van der Waals surface area (Å²) in [6.45, 7) is 3.64. The molecule has 2 heterocycles. The number of thiazole rings is 1. The Kier molecular flexibility index (Phi) is 8.76. The van der Waals surface area contributed by atoms with Gasteiger partial charge in [-0.1, -0.05) is 0 Å². The lowest BCUT2D eigenvalue weighted by molar-refractivity contribution is 0.790. The fourth-order valence-corrected chi connectivity index (χ4v) is 3.71. The van der Waals surface area contributed by atoms with Gasteiger partial charge in [0.25, 0.3) is 0 Å². The fourth-order valence-electron chi connectivity index (χ4n) is 1.67. The predicted molar refractivity (Wildman–Crippen MR) is 106 cm³/mol. The number of hydrogen-bond acceptors (Lipinski definition) is 4. The number of nitrogens with zero attached hydrogens (tertiary/aromatic N) is 2. The summed E-state index contributed by atoms with van der Waals surface area (Å²) in [5.74, 6) is 0.821. The minimum absolute atomic E-state index is 0. The molecule has 0 aliphatic carbocycles. The Morgan fingerprint density at radius 1 is 1.33 bits per heavy atom. The molecule has 0 radical (unpaired) electrons. The normalized spacial score (nSPS) is 11.1. The second-order valence-corrected chi connectivity index (χ2v) is 7.17. The van der Waals surface area contributed by atoms with Crippen molar-refractivity contribution >= 4 is 68.5 Å². The first-order valence-electron chi connectivity index (χ1n) is 6.26. The summed E-state index contributed by atoms with van der Waals surface area (Å²) in [5.41, 5.74) is 1.14. The van der Waals surface area contributed by atoms with Crippen LogP contribution in [0.5, 0.6) is 0 Å². The maximum Gasteiger partial charge on any atom is 0.191 e. The Hall–Kier alpha value is -0.190. The Morgan fingerprint density at radius 3 is 2.71 bits per heavy atom. The van der Waals surface area contributed by atoms with Crippen LogP contribution < -0.4 is 10.6 Å². The lowest BCUT2D eigenvalue weighted by Gasteiger charge is -2.10. The van der Waals surface area contributed by atoms with E-state index >= 15 is 0 Å². The summed E-state index contributed by atoms with van der Waals surface area (Å²) >= 11 is 6.87. The quantitative estimate of drug-likeness (QED) is 0.373. The van der Waals surface area contributed by atoms with E-state index in [9.17, 15) is 0 Å². The Bertz CT molecular complexity index is 582. The van der Waals surface area contributed by atoms with E-state index < -0.39 is 0 Å². The van der Waals surface area contributed by atoms with Crippen molar-refractivity contribution in [2.45, 2.75) is 19.9 Å². The molecule has 8 heteroatoms. The van der Waals surface area contributed by atoms with Gasteiger partial charge in [-0.05, 0) is 28.9 Å². The maximum atomic E-state index is 4.44.